The van der Waals surface area contributed by atoms with Crippen molar-refractivity contribution in [2.75, 3.05) is 0 Å². The van der Waals surface area contributed by atoms with E-state index in [9.17, 15) is 13.9 Å². The lowest BCUT2D eigenvalue weighted by atomic mass is 9.97. The zero-order valence-corrected chi connectivity index (χ0v) is 11.9. The molecule has 2 aromatic carbocycles. The summed E-state index contributed by atoms with van der Waals surface area (Å²) in [5, 5.41) is 10.2. The van der Waals surface area contributed by atoms with Crippen LogP contribution in [0.15, 0.2) is 40.9 Å². The predicted molar refractivity (Wildman–Crippen MR) is 73.9 cm³/mol. The lowest BCUT2D eigenvalue weighted by molar-refractivity contribution is 0.175. The highest BCUT2D eigenvalue weighted by Crippen LogP contribution is 2.26. The Bertz CT molecular complexity index is 578. The van der Waals surface area contributed by atoms with E-state index in [-0.39, 0.29) is 12.0 Å². The molecule has 1 nitrogen and oxygen atoms in total. The molecule has 0 aliphatic carbocycles. The molecule has 0 saturated heterocycles. The third-order valence-corrected chi connectivity index (χ3v) is 3.55. The van der Waals surface area contributed by atoms with Crippen LogP contribution in [0.3, 0.4) is 0 Å². The summed E-state index contributed by atoms with van der Waals surface area (Å²) in [4.78, 5) is 0. The van der Waals surface area contributed by atoms with Crippen molar-refractivity contribution in [3.63, 3.8) is 0 Å². The van der Waals surface area contributed by atoms with Gasteiger partial charge >= 0.3 is 0 Å². The quantitative estimate of drug-likeness (QED) is 0.891. The fourth-order valence-electron chi connectivity index (χ4n) is 2.00. The monoisotopic (exact) mass is 326 g/mol. The molecule has 100 valence electrons. The van der Waals surface area contributed by atoms with Crippen molar-refractivity contribution in [2.45, 2.75) is 19.4 Å². The molecular formula is C15H13BrF2O. The second kappa shape index (κ2) is 5.80. The molecule has 2 rings (SSSR count). The van der Waals surface area contributed by atoms with Gasteiger partial charge in [-0.05, 0) is 42.3 Å². The van der Waals surface area contributed by atoms with Gasteiger partial charge in [-0.1, -0.05) is 28.1 Å². The Morgan fingerprint density at radius 1 is 1.16 bits per heavy atom. The highest BCUT2D eigenvalue weighted by molar-refractivity contribution is 9.10. The maximum atomic E-state index is 13.5. The molecule has 0 spiro atoms. The third kappa shape index (κ3) is 3.19. The van der Waals surface area contributed by atoms with Crippen molar-refractivity contribution < 1.29 is 13.9 Å². The van der Waals surface area contributed by atoms with Crippen LogP contribution < -0.4 is 0 Å². The zero-order chi connectivity index (χ0) is 14.0. The van der Waals surface area contributed by atoms with Crippen molar-refractivity contribution in [3.05, 3.63) is 69.2 Å². The summed E-state index contributed by atoms with van der Waals surface area (Å²) in [6.45, 7) is 1.85. The van der Waals surface area contributed by atoms with E-state index in [1.54, 1.807) is 6.07 Å². The van der Waals surface area contributed by atoms with Gasteiger partial charge in [0.1, 0.15) is 11.6 Å². The van der Waals surface area contributed by atoms with Crippen LogP contribution in [-0.4, -0.2) is 5.11 Å². The molecular weight excluding hydrogens is 314 g/mol. The molecule has 0 bridgehead atoms. The van der Waals surface area contributed by atoms with E-state index in [0.717, 1.165) is 10.0 Å². The van der Waals surface area contributed by atoms with Crippen LogP contribution in [0, 0.1) is 18.6 Å². The van der Waals surface area contributed by atoms with Gasteiger partial charge < -0.3 is 5.11 Å². The fourth-order valence-corrected chi connectivity index (χ4v) is 2.38. The standard InChI is InChI=1S/C15H13BrF2O/c1-9-5-6-10(16)7-11(9)15(19)8-12-13(17)3-2-4-14(12)18/h2-7,15,19H,8H2,1H3. The van der Waals surface area contributed by atoms with Crippen LogP contribution in [0.4, 0.5) is 8.78 Å². The molecule has 0 fully saturated rings. The largest absolute Gasteiger partial charge is 0.388 e. The Kier molecular flexibility index (Phi) is 4.32. The third-order valence-electron chi connectivity index (χ3n) is 3.06. The Morgan fingerprint density at radius 3 is 2.42 bits per heavy atom. The van der Waals surface area contributed by atoms with E-state index in [0.29, 0.717) is 5.56 Å². The van der Waals surface area contributed by atoms with Gasteiger partial charge in [0.15, 0.2) is 0 Å². The van der Waals surface area contributed by atoms with Gasteiger partial charge in [0, 0.05) is 16.5 Å². The summed E-state index contributed by atoms with van der Waals surface area (Å²) in [6, 6.07) is 9.16. The molecule has 4 heteroatoms. The number of rotatable bonds is 3. The van der Waals surface area contributed by atoms with Crippen molar-refractivity contribution in [2.24, 2.45) is 0 Å². The highest BCUT2D eigenvalue weighted by Gasteiger charge is 2.17. The Morgan fingerprint density at radius 2 is 1.79 bits per heavy atom. The van der Waals surface area contributed by atoms with Gasteiger partial charge in [0.25, 0.3) is 0 Å². The molecule has 0 aliphatic rings. The predicted octanol–water partition coefficient (Wildman–Crippen LogP) is 4.31. The van der Waals surface area contributed by atoms with Gasteiger partial charge in [-0.2, -0.15) is 0 Å². The van der Waals surface area contributed by atoms with Crippen molar-refractivity contribution in [1.82, 2.24) is 0 Å². The summed E-state index contributed by atoms with van der Waals surface area (Å²) in [5.41, 5.74) is 1.46. The molecule has 1 atom stereocenters. The molecule has 1 N–H and O–H groups in total. The minimum absolute atomic E-state index is 0.0875. The minimum Gasteiger partial charge on any atom is -0.388 e. The summed E-state index contributed by atoms with van der Waals surface area (Å²) in [7, 11) is 0. The summed E-state index contributed by atoms with van der Waals surface area (Å²) >= 11 is 3.32. The topological polar surface area (TPSA) is 20.2 Å². The number of hydrogen-bond donors (Lipinski definition) is 1. The molecule has 0 aliphatic heterocycles. The second-order valence-corrected chi connectivity index (χ2v) is 5.34. The molecule has 1 unspecified atom stereocenters. The molecule has 0 amide bonds. The average Bonchev–Trinajstić information content (AvgIpc) is 2.37. The number of benzene rings is 2. The van der Waals surface area contributed by atoms with Crippen LogP contribution in [-0.2, 0) is 6.42 Å². The average molecular weight is 327 g/mol. The zero-order valence-electron chi connectivity index (χ0n) is 10.3. The number of aryl methyl sites for hydroxylation is 1. The molecule has 0 saturated carbocycles. The van der Waals surface area contributed by atoms with Crippen molar-refractivity contribution in [3.8, 4) is 0 Å². The van der Waals surface area contributed by atoms with Crippen molar-refractivity contribution in [1.29, 1.82) is 0 Å². The van der Waals surface area contributed by atoms with Crippen molar-refractivity contribution >= 4 is 15.9 Å². The van der Waals surface area contributed by atoms with E-state index in [2.05, 4.69) is 15.9 Å². The first-order valence-corrected chi connectivity index (χ1v) is 6.65. The normalized spacial score (nSPS) is 12.5. The molecule has 0 heterocycles. The number of halogens is 3. The highest BCUT2D eigenvalue weighted by atomic mass is 79.9. The molecule has 2 aromatic rings. The Labute approximate surface area is 119 Å². The second-order valence-electron chi connectivity index (χ2n) is 4.42. The molecule has 0 radical (unpaired) electrons. The van der Waals surface area contributed by atoms with E-state index in [4.69, 9.17) is 0 Å². The first-order chi connectivity index (χ1) is 8.99. The van der Waals surface area contributed by atoms with Gasteiger partial charge in [0.05, 0.1) is 6.10 Å². The van der Waals surface area contributed by atoms with E-state index in [1.165, 1.54) is 18.2 Å². The maximum absolute atomic E-state index is 13.5. The number of aliphatic hydroxyl groups is 1. The van der Waals surface area contributed by atoms with E-state index >= 15 is 0 Å². The van der Waals surface area contributed by atoms with Gasteiger partial charge in [-0.15, -0.1) is 0 Å². The Hall–Kier alpha value is -1.26. The lowest BCUT2D eigenvalue weighted by Crippen LogP contribution is -2.07. The summed E-state index contributed by atoms with van der Waals surface area (Å²) < 4.78 is 27.9. The van der Waals surface area contributed by atoms with Crippen LogP contribution >= 0.6 is 15.9 Å². The van der Waals surface area contributed by atoms with Crippen LogP contribution in [0.2, 0.25) is 0 Å². The maximum Gasteiger partial charge on any atom is 0.129 e. The summed E-state index contributed by atoms with van der Waals surface area (Å²) in [6.07, 6.45) is -1.03. The van der Waals surface area contributed by atoms with E-state index < -0.39 is 17.7 Å². The number of hydrogen-bond acceptors (Lipinski definition) is 1. The lowest BCUT2D eigenvalue weighted by Gasteiger charge is -2.15. The number of aliphatic hydroxyl groups excluding tert-OH is 1. The first-order valence-electron chi connectivity index (χ1n) is 5.86. The van der Waals surface area contributed by atoms with E-state index in [1.807, 2.05) is 19.1 Å². The fraction of sp³-hybridized carbons (Fsp3) is 0.200. The SMILES string of the molecule is Cc1ccc(Br)cc1C(O)Cc1c(F)cccc1F. The van der Waals surface area contributed by atoms with Gasteiger partial charge in [0.2, 0.25) is 0 Å². The molecule has 0 aromatic heterocycles. The minimum atomic E-state index is -0.941. The molecule has 19 heavy (non-hydrogen) atoms. The summed E-state index contributed by atoms with van der Waals surface area (Å²) in [5.74, 6) is -1.27. The first kappa shape index (κ1) is 14.2. The van der Waals surface area contributed by atoms with Crippen LogP contribution in [0.25, 0.3) is 0 Å². The smallest absolute Gasteiger partial charge is 0.129 e. The van der Waals surface area contributed by atoms with Crippen LogP contribution in [0.1, 0.15) is 22.8 Å². The van der Waals surface area contributed by atoms with Gasteiger partial charge in [-0.3, -0.25) is 0 Å². The van der Waals surface area contributed by atoms with Crippen LogP contribution in [0.5, 0.6) is 0 Å². The van der Waals surface area contributed by atoms with Gasteiger partial charge in [-0.25, -0.2) is 8.78 Å². The Balaban J connectivity index is 2.31.